The van der Waals surface area contributed by atoms with Gasteiger partial charge in [0.25, 0.3) is 5.56 Å². The maximum absolute atomic E-state index is 12.0. The number of carbonyl (C=O) groups is 1. The molecule has 0 saturated heterocycles. The standard InChI is InChI=1S/C18H17N5O2S/c24-16(19-10-12-11-23-8-9-26-18(23)20-12)7-3-6-15-21-14-5-2-1-4-13(14)17(25)22-15/h1-2,4-5,8-9,11H,3,6-7,10H2,(H,19,24)(H,21,22,25). The fourth-order valence-corrected chi connectivity index (χ4v) is 3.53. The quantitative estimate of drug-likeness (QED) is 0.547. The molecule has 0 fully saturated rings. The van der Waals surface area contributed by atoms with Crippen LogP contribution >= 0.6 is 11.3 Å². The van der Waals surface area contributed by atoms with Crippen LogP contribution in [0.25, 0.3) is 15.9 Å². The van der Waals surface area contributed by atoms with Crippen LogP contribution in [0.2, 0.25) is 0 Å². The van der Waals surface area contributed by atoms with E-state index in [0.29, 0.717) is 42.5 Å². The Hall–Kier alpha value is -3.00. The summed E-state index contributed by atoms with van der Waals surface area (Å²) in [4.78, 5) is 36.6. The molecular formula is C18H17N5O2S. The number of thiazole rings is 1. The van der Waals surface area contributed by atoms with E-state index in [1.165, 1.54) is 0 Å². The van der Waals surface area contributed by atoms with Gasteiger partial charge in [0, 0.05) is 30.6 Å². The van der Waals surface area contributed by atoms with Crippen LogP contribution in [0.4, 0.5) is 0 Å². The number of nitrogens with one attached hydrogen (secondary N) is 2. The summed E-state index contributed by atoms with van der Waals surface area (Å²) in [7, 11) is 0. The van der Waals surface area contributed by atoms with Crippen molar-refractivity contribution >= 4 is 33.1 Å². The topological polar surface area (TPSA) is 92.1 Å². The summed E-state index contributed by atoms with van der Waals surface area (Å²) in [5.74, 6) is 0.570. The lowest BCUT2D eigenvalue weighted by Crippen LogP contribution is -2.23. The molecule has 4 aromatic rings. The molecule has 0 aliphatic carbocycles. The fourth-order valence-electron chi connectivity index (χ4n) is 2.81. The Balaban J connectivity index is 1.29. The zero-order valence-corrected chi connectivity index (χ0v) is 14.8. The lowest BCUT2D eigenvalue weighted by atomic mass is 10.2. The zero-order valence-electron chi connectivity index (χ0n) is 13.9. The molecule has 3 heterocycles. The van der Waals surface area contributed by atoms with Crippen molar-refractivity contribution in [2.24, 2.45) is 0 Å². The summed E-state index contributed by atoms with van der Waals surface area (Å²) in [6.45, 7) is 0.415. The number of carbonyl (C=O) groups excluding carboxylic acids is 1. The number of H-pyrrole nitrogens is 1. The minimum Gasteiger partial charge on any atom is -0.350 e. The summed E-state index contributed by atoms with van der Waals surface area (Å²) in [5.41, 5.74) is 1.37. The van der Waals surface area contributed by atoms with Gasteiger partial charge in [-0.1, -0.05) is 12.1 Å². The SMILES string of the molecule is O=C(CCCc1nc2ccccc2c(=O)[nH]1)NCc1cn2ccsc2n1. The third kappa shape index (κ3) is 3.50. The number of para-hydroxylation sites is 1. The number of imidazole rings is 1. The molecule has 0 atom stereocenters. The largest absolute Gasteiger partial charge is 0.350 e. The Morgan fingerprint density at radius 2 is 2.15 bits per heavy atom. The second kappa shape index (κ2) is 7.09. The molecule has 132 valence electrons. The number of aryl methyl sites for hydroxylation is 1. The number of amides is 1. The van der Waals surface area contributed by atoms with Crippen molar-refractivity contribution in [3.8, 4) is 0 Å². The molecule has 1 aromatic carbocycles. The maximum atomic E-state index is 12.0. The van der Waals surface area contributed by atoms with Gasteiger partial charge in [0.2, 0.25) is 5.91 Å². The molecule has 0 saturated carbocycles. The van der Waals surface area contributed by atoms with Crippen LogP contribution in [0.1, 0.15) is 24.4 Å². The predicted molar refractivity (Wildman–Crippen MR) is 100 cm³/mol. The molecule has 0 radical (unpaired) electrons. The number of rotatable bonds is 6. The van der Waals surface area contributed by atoms with E-state index in [9.17, 15) is 9.59 Å². The van der Waals surface area contributed by atoms with E-state index >= 15 is 0 Å². The van der Waals surface area contributed by atoms with E-state index in [1.54, 1.807) is 17.4 Å². The zero-order chi connectivity index (χ0) is 17.9. The highest BCUT2D eigenvalue weighted by Crippen LogP contribution is 2.11. The molecule has 8 heteroatoms. The monoisotopic (exact) mass is 367 g/mol. The average molecular weight is 367 g/mol. The summed E-state index contributed by atoms with van der Waals surface area (Å²) in [6, 6.07) is 7.23. The van der Waals surface area contributed by atoms with Crippen molar-refractivity contribution in [2.75, 3.05) is 0 Å². The summed E-state index contributed by atoms with van der Waals surface area (Å²) < 4.78 is 1.94. The number of benzene rings is 1. The summed E-state index contributed by atoms with van der Waals surface area (Å²) >= 11 is 1.56. The third-order valence-corrected chi connectivity index (χ3v) is 4.86. The molecule has 0 aliphatic rings. The molecule has 0 unspecified atom stereocenters. The third-order valence-electron chi connectivity index (χ3n) is 4.09. The molecule has 26 heavy (non-hydrogen) atoms. The highest BCUT2D eigenvalue weighted by Gasteiger charge is 2.07. The molecule has 7 nitrogen and oxygen atoms in total. The minimum absolute atomic E-state index is 0.0375. The van der Waals surface area contributed by atoms with E-state index in [1.807, 2.05) is 40.4 Å². The lowest BCUT2D eigenvalue weighted by Gasteiger charge is -2.04. The molecular weight excluding hydrogens is 350 g/mol. The lowest BCUT2D eigenvalue weighted by molar-refractivity contribution is -0.121. The van der Waals surface area contributed by atoms with Gasteiger partial charge in [-0.05, 0) is 18.6 Å². The van der Waals surface area contributed by atoms with Gasteiger partial charge in [0.05, 0.1) is 23.1 Å². The van der Waals surface area contributed by atoms with Gasteiger partial charge in [0.15, 0.2) is 4.96 Å². The predicted octanol–water partition coefficient (Wildman–Crippen LogP) is 2.27. The van der Waals surface area contributed by atoms with E-state index in [4.69, 9.17) is 0 Å². The Labute approximate surface area is 152 Å². The first-order valence-corrected chi connectivity index (χ1v) is 9.23. The minimum atomic E-state index is -0.144. The van der Waals surface area contributed by atoms with Crippen molar-refractivity contribution in [3.05, 3.63) is 63.9 Å². The number of aromatic nitrogens is 4. The molecule has 4 rings (SSSR count). The van der Waals surface area contributed by atoms with Crippen LogP contribution in [0.5, 0.6) is 0 Å². The Morgan fingerprint density at radius 1 is 1.27 bits per heavy atom. The van der Waals surface area contributed by atoms with Crippen LogP contribution in [0.3, 0.4) is 0 Å². The van der Waals surface area contributed by atoms with Crippen LogP contribution in [-0.4, -0.2) is 25.3 Å². The van der Waals surface area contributed by atoms with Crippen molar-refractivity contribution in [2.45, 2.75) is 25.8 Å². The number of hydrogen-bond acceptors (Lipinski definition) is 5. The van der Waals surface area contributed by atoms with Gasteiger partial charge in [-0.25, -0.2) is 9.97 Å². The van der Waals surface area contributed by atoms with Gasteiger partial charge in [-0.2, -0.15) is 0 Å². The second-order valence-electron chi connectivity index (χ2n) is 5.99. The maximum Gasteiger partial charge on any atom is 0.258 e. The van der Waals surface area contributed by atoms with Gasteiger partial charge < -0.3 is 10.3 Å². The second-order valence-corrected chi connectivity index (χ2v) is 6.86. The smallest absolute Gasteiger partial charge is 0.258 e. The first-order chi connectivity index (χ1) is 12.7. The molecule has 2 N–H and O–H groups in total. The van der Waals surface area contributed by atoms with E-state index in [-0.39, 0.29) is 11.5 Å². The van der Waals surface area contributed by atoms with Gasteiger partial charge in [0.1, 0.15) is 5.82 Å². The Bertz CT molecular complexity index is 1100. The van der Waals surface area contributed by atoms with Crippen LogP contribution in [0, 0.1) is 0 Å². The number of nitrogens with zero attached hydrogens (tertiary/aromatic N) is 3. The molecule has 0 spiro atoms. The number of hydrogen-bond donors (Lipinski definition) is 2. The number of fused-ring (bicyclic) bond motifs is 2. The van der Waals surface area contributed by atoms with Crippen LogP contribution in [-0.2, 0) is 17.8 Å². The van der Waals surface area contributed by atoms with Gasteiger partial charge in [-0.15, -0.1) is 11.3 Å². The highest BCUT2D eigenvalue weighted by atomic mass is 32.1. The van der Waals surface area contributed by atoms with E-state index in [0.717, 1.165) is 10.7 Å². The molecule has 1 amide bonds. The van der Waals surface area contributed by atoms with Crippen molar-refractivity contribution in [1.29, 1.82) is 0 Å². The van der Waals surface area contributed by atoms with Gasteiger partial charge in [-0.3, -0.25) is 14.0 Å². The Morgan fingerprint density at radius 3 is 3.04 bits per heavy atom. The average Bonchev–Trinajstić information content (AvgIpc) is 3.22. The van der Waals surface area contributed by atoms with Gasteiger partial charge >= 0.3 is 0 Å². The van der Waals surface area contributed by atoms with Crippen LogP contribution < -0.4 is 10.9 Å². The van der Waals surface area contributed by atoms with Crippen molar-refractivity contribution < 1.29 is 4.79 Å². The summed E-state index contributed by atoms with van der Waals surface area (Å²) in [5, 5.41) is 5.42. The normalized spacial score (nSPS) is 11.2. The van der Waals surface area contributed by atoms with E-state index < -0.39 is 0 Å². The van der Waals surface area contributed by atoms with Crippen LogP contribution in [0.15, 0.2) is 46.8 Å². The highest BCUT2D eigenvalue weighted by molar-refractivity contribution is 7.15. The first-order valence-electron chi connectivity index (χ1n) is 8.35. The van der Waals surface area contributed by atoms with Crippen molar-refractivity contribution in [1.82, 2.24) is 24.7 Å². The fraction of sp³-hybridized carbons (Fsp3) is 0.222. The van der Waals surface area contributed by atoms with Crippen molar-refractivity contribution in [3.63, 3.8) is 0 Å². The first kappa shape index (κ1) is 16.5. The molecule has 3 aromatic heterocycles. The molecule has 0 aliphatic heterocycles. The molecule has 0 bridgehead atoms. The summed E-state index contributed by atoms with van der Waals surface area (Å²) in [6.07, 6.45) is 5.39. The Kier molecular flexibility index (Phi) is 4.49. The van der Waals surface area contributed by atoms with E-state index in [2.05, 4.69) is 20.3 Å². The number of aromatic amines is 1.